The molecular formula is C8H7NO4. The molecule has 0 radical (unpaired) electrons. The first-order valence-electron chi connectivity index (χ1n) is 3.41. The van der Waals surface area contributed by atoms with Crippen molar-refractivity contribution in [3.05, 3.63) is 23.4 Å². The van der Waals surface area contributed by atoms with E-state index in [1.165, 1.54) is 13.2 Å². The zero-order valence-electron chi connectivity index (χ0n) is 6.85. The van der Waals surface area contributed by atoms with Crippen molar-refractivity contribution in [1.29, 1.82) is 0 Å². The Hall–Kier alpha value is -1.91. The van der Waals surface area contributed by atoms with Gasteiger partial charge in [-0.3, -0.25) is 4.79 Å². The summed E-state index contributed by atoms with van der Waals surface area (Å²) in [6, 6.07) is 1.21. The predicted octanol–water partition coefficient (Wildman–Crippen LogP) is 0.601. The topological polar surface area (TPSA) is 76.5 Å². The number of pyridine rings is 1. The van der Waals surface area contributed by atoms with Crippen LogP contribution in [0.15, 0.2) is 12.3 Å². The third kappa shape index (κ3) is 1.81. The highest BCUT2D eigenvalue weighted by molar-refractivity contribution is 5.90. The first-order valence-corrected chi connectivity index (χ1v) is 3.41. The number of rotatable bonds is 3. The van der Waals surface area contributed by atoms with Crippen LogP contribution in [0.3, 0.4) is 0 Å². The second-order valence-corrected chi connectivity index (χ2v) is 2.25. The monoisotopic (exact) mass is 181 g/mol. The third-order valence-electron chi connectivity index (χ3n) is 1.45. The van der Waals surface area contributed by atoms with Gasteiger partial charge in [-0.2, -0.15) is 0 Å². The number of hydrogen-bond donors (Lipinski definition) is 1. The van der Waals surface area contributed by atoms with E-state index in [9.17, 15) is 9.59 Å². The molecule has 5 heteroatoms. The van der Waals surface area contributed by atoms with Crippen molar-refractivity contribution in [1.82, 2.24) is 4.98 Å². The average molecular weight is 181 g/mol. The molecule has 13 heavy (non-hydrogen) atoms. The zero-order valence-corrected chi connectivity index (χ0v) is 6.85. The SMILES string of the molecule is COc1ncc(C(=O)O)cc1C=O. The van der Waals surface area contributed by atoms with Crippen LogP contribution in [-0.2, 0) is 0 Å². The van der Waals surface area contributed by atoms with E-state index in [1.54, 1.807) is 0 Å². The quantitative estimate of drug-likeness (QED) is 0.691. The number of carbonyl (C=O) groups excluding carboxylic acids is 1. The molecule has 1 heterocycles. The van der Waals surface area contributed by atoms with Crippen molar-refractivity contribution < 1.29 is 19.4 Å². The van der Waals surface area contributed by atoms with E-state index in [1.807, 2.05) is 0 Å². The lowest BCUT2D eigenvalue weighted by atomic mass is 10.2. The Morgan fingerprint density at radius 1 is 1.69 bits per heavy atom. The molecule has 0 unspecified atom stereocenters. The number of methoxy groups -OCH3 is 1. The number of carbonyl (C=O) groups is 2. The van der Waals surface area contributed by atoms with Crippen LogP contribution < -0.4 is 4.74 Å². The van der Waals surface area contributed by atoms with Gasteiger partial charge in [0.05, 0.1) is 18.2 Å². The number of carboxylic acids is 1. The number of aromatic nitrogens is 1. The Kier molecular flexibility index (Phi) is 2.59. The fourth-order valence-corrected chi connectivity index (χ4v) is 0.841. The molecule has 0 saturated carbocycles. The number of hydrogen-bond acceptors (Lipinski definition) is 4. The van der Waals surface area contributed by atoms with Gasteiger partial charge in [0.2, 0.25) is 5.88 Å². The van der Waals surface area contributed by atoms with Gasteiger partial charge >= 0.3 is 5.97 Å². The second-order valence-electron chi connectivity index (χ2n) is 2.25. The number of carboxylic acid groups (broad SMARTS) is 1. The minimum atomic E-state index is -1.13. The summed E-state index contributed by atoms with van der Waals surface area (Å²) >= 11 is 0. The molecule has 0 amide bonds. The maximum absolute atomic E-state index is 10.5. The minimum Gasteiger partial charge on any atom is -0.480 e. The van der Waals surface area contributed by atoms with Gasteiger partial charge in [0.25, 0.3) is 0 Å². The Balaban J connectivity index is 3.20. The first-order chi connectivity index (χ1) is 6.19. The van der Waals surface area contributed by atoms with Crippen LogP contribution in [0.2, 0.25) is 0 Å². The Morgan fingerprint density at radius 3 is 2.85 bits per heavy atom. The van der Waals surface area contributed by atoms with Crippen LogP contribution in [-0.4, -0.2) is 29.5 Å². The number of ether oxygens (including phenoxy) is 1. The molecule has 0 bridgehead atoms. The molecule has 0 spiro atoms. The van der Waals surface area contributed by atoms with Crippen molar-refractivity contribution in [3.63, 3.8) is 0 Å². The molecule has 0 fully saturated rings. The van der Waals surface area contributed by atoms with Gasteiger partial charge in [-0.15, -0.1) is 0 Å². The van der Waals surface area contributed by atoms with E-state index in [2.05, 4.69) is 4.98 Å². The standard InChI is InChI=1S/C8H7NO4/c1-13-7-6(4-10)2-5(3-9-7)8(11)12/h2-4H,1H3,(H,11,12). The van der Waals surface area contributed by atoms with E-state index in [-0.39, 0.29) is 17.0 Å². The molecule has 1 aromatic rings. The summed E-state index contributed by atoms with van der Waals surface area (Å²) in [6.07, 6.45) is 1.63. The fraction of sp³-hybridized carbons (Fsp3) is 0.125. The summed E-state index contributed by atoms with van der Waals surface area (Å²) < 4.78 is 4.74. The van der Waals surface area contributed by atoms with Gasteiger partial charge in [-0.25, -0.2) is 9.78 Å². The highest BCUT2D eigenvalue weighted by atomic mass is 16.5. The number of aldehydes is 1. The summed E-state index contributed by atoms with van der Waals surface area (Å²) in [5, 5.41) is 8.57. The molecule has 1 N–H and O–H groups in total. The molecule has 0 aliphatic carbocycles. The van der Waals surface area contributed by atoms with Crippen LogP contribution in [0, 0.1) is 0 Å². The summed E-state index contributed by atoms with van der Waals surface area (Å²) in [7, 11) is 1.36. The highest BCUT2D eigenvalue weighted by Crippen LogP contribution is 2.13. The van der Waals surface area contributed by atoms with E-state index in [0.29, 0.717) is 6.29 Å². The molecule has 0 aromatic carbocycles. The summed E-state index contributed by atoms with van der Waals surface area (Å²) in [5.41, 5.74) is 0.0882. The average Bonchev–Trinajstić information content (AvgIpc) is 2.16. The fourth-order valence-electron chi connectivity index (χ4n) is 0.841. The van der Waals surface area contributed by atoms with Crippen LogP contribution in [0.4, 0.5) is 0 Å². The first kappa shape index (κ1) is 9.18. The molecule has 68 valence electrons. The van der Waals surface area contributed by atoms with E-state index < -0.39 is 5.97 Å². The maximum atomic E-state index is 10.5. The predicted molar refractivity (Wildman–Crippen MR) is 43.1 cm³/mol. The van der Waals surface area contributed by atoms with Crippen LogP contribution >= 0.6 is 0 Å². The van der Waals surface area contributed by atoms with Gasteiger partial charge in [0.1, 0.15) is 0 Å². The van der Waals surface area contributed by atoms with Gasteiger partial charge in [0.15, 0.2) is 6.29 Å². The van der Waals surface area contributed by atoms with Gasteiger partial charge < -0.3 is 9.84 Å². The summed E-state index contributed by atoms with van der Waals surface area (Å²) in [6.45, 7) is 0. The molecule has 0 aliphatic rings. The molecule has 5 nitrogen and oxygen atoms in total. The van der Waals surface area contributed by atoms with Crippen molar-refractivity contribution in [3.8, 4) is 5.88 Å². The number of aromatic carboxylic acids is 1. The van der Waals surface area contributed by atoms with Gasteiger partial charge in [-0.1, -0.05) is 0 Å². The molecule has 0 aliphatic heterocycles. The van der Waals surface area contributed by atoms with Crippen molar-refractivity contribution in [2.45, 2.75) is 0 Å². The largest absolute Gasteiger partial charge is 0.480 e. The second kappa shape index (κ2) is 3.66. The van der Waals surface area contributed by atoms with Crippen LogP contribution in [0.25, 0.3) is 0 Å². The summed E-state index contributed by atoms with van der Waals surface area (Å²) in [5.74, 6) is -1.00. The lowest BCUT2D eigenvalue weighted by Gasteiger charge is -2.01. The van der Waals surface area contributed by atoms with Crippen LogP contribution in [0.5, 0.6) is 5.88 Å². The zero-order chi connectivity index (χ0) is 9.84. The highest BCUT2D eigenvalue weighted by Gasteiger charge is 2.08. The normalized spacial score (nSPS) is 9.31. The van der Waals surface area contributed by atoms with Gasteiger partial charge in [-0.05, 0) is 6.07 Å². The van der Waals surface area contributed by atoms with Crippen molar-refractivity contribution in [2.24, 2.45) is 0 Å². The smallest absolute Gasteiger partial charge is 0.337 e. The Labute approximate surface area is 74.0 Å². The van der Waals surface area contributed by atoms with E-state index >= 15 is 0 Å². The Morgan fingerprint density at radius 2 is 2.38 bits per heavy atom. The van der Waals surface area contributed by atoms with E-state index in [0.717, 1.165) is 6.20 Å². The van der Waals surface area contributed by atoms with Crippen molar-refractivity contribution >= 4 is 12.3 Å². The lowest BCUT2D eigenvalue weighted by molar-refractivity contribution is 0.0696. The molecular weight excluding hydrogens is 174 g/mol. The molecule has 0 atom stereocenters. The Bertz CT molecular complexity index is 348. The maximum Gasteiger partial charge on any atom is 0.337 e. The van der Waals surface area contributed by atoms with Crippen LogP contribution in [0.1, 0.15) is 20.7 Å². The summed E-state index contributed by atoms with van der Waals surface area (Å²) in [4.78, 5) is 24.6. The van der Waals surface area contributed by atoms with E-state index in [4.69, 9.17) is 9.84 Å². The minimum absolute atomic E-state index is 0.0390. The van der Waals surface area contributed by atoms with Crippen molar-refractivity contribution in [2.75, 3.05) is 7.11 Å². The lowest BCUT2D eigenvalue weighted by Crippen LogP contribution is -2.01. The molecule has 1 aromatic heterocycles. The molecule has 0 saturated heterocycles. The third-order valence-corrected chi connectivity index (χ3v) is 1.45. The molecule has 1 rings (SSSR count). The van der Waals surface area contributed by atoms with Gasteiger partial charge in [0, 0.05) is 6.20 Å². The number of nitrogens with zero attached hydrogens (tertiary/aromatic N) is 1.